The highest BCUT2D eigenvalue weighted by Gasteiger charge is 2.49. The van der Waals surface area contributed by atoms with Gasteiger partial charge in [0.15, 0.2) is 18.2 Å². The van der Waals surface area contributed by atoms with Crippen LogP contribution in [0, 0.1) is 6.92 Å². The molecule has 9 heteroatoms. The van der Waals surface area contributed by atoms with Crippen molar-refractivity contribution < 1.29 is 9.59 Å². The molecule has 34 heavy (non-hydrogen) atoms. The number of guanidine groups is 1. The van der Waals surface area contributed by atoms with Crippen molar-refractivity contribution in [1.82, 2.24) is 24.9 Å². The van der Waals surface area contributed by atoms with E-state index in [1.165, 1.54) is 4.90 Å². The Labute approximate surface area is 204 Å². The van der Waals surface area contributed by atoms with Crippen molar-refractivity contribution in [2.45, 2.75) is 32.2 Å². The number of halogens is 1. The van der Waals surface area contributed by atoms with E-state index in [4.69, 9.17) is 16.6 Å². The minimum absolute atomic E-state index is 0.294. The van der Waals surface area contributed by atoms with Crippen molar-refractivity contribution in [3.8, 4) is 0 Å². The van der Waals surface area contributed by atoms with Gasteiger partial charge in [-0.05, 0) is 29.7 Å². The number of hydrogen-bond donors (Lipinski definition) is 1. The van der Waals surface area contributed by atoms with Gasteiger partial charge in [0.1, 0.15) is 0 Å². The van der Waals surface area contributed by atoms with Gasteiger partial charge in [0.25, 0.3) is 5.91 Å². The van der Waals surface area contributed by atoms with E-state index < -0.39 is 18.2 Å². The maximum Gasteiger partial charge on any atom is 0.325 e. The van der Waals surface area contributed by atoms with E-state index in [2.05, 4.69) is 45.1 Å². The third-order valence-corrected chi connectivity index (χ3v) is 7.32. The molecule has 2 unspecified atom stereocenters. The molecule has 2 saturated heterocycles. The van der Waals surface area contributed by atoms with E-state index in [0.29, 0.717) is 6.54 Å². The first-order chi connectivity index (χ1) is 16.4. The molecule has 2 atom stereocenters. The summed E-state index contributed by atoms with van der Waals surface area (Å²) >= 11 is 6.36. The molecule has 0 bridgehead atoms. The van der Waals surface area contributed by atoms with E-state index in [9.17, 15) is 9.59 Å². The molecule has 2 aromatic rings. The molecule has 1 N–H and O–H groups in total. The number of piperazine rings is 1. The van der Waals surface area contributed by atoms with Crippen LogP contribution in [0.5, 0.6) is 0 Å². The minimum Gasteiger partial charge on any atom is -0.340 e. The topological polar surface area (TPSA) is 71.5 Å². The van der Waals surface area contributed by atoms with Crippen LogP contribution in [0.1, 0.15) is 16.7 Å². The van der Waals surface area contributed by atoms with Crippen LogP contribution in [0.25, 0.3) is 0 Å². The number of hydrogen-bond acceptors (Lipinski definition) is 6. The van der Waals surface area contributed by atoms with Crippen LogP contribution in [0.3, 0.4) is 0 Å². The molecule has 3 amide bonds. The molecule has 3 heterocycles. The normalized spacial score (nSPS) is 23.1. The lowest BCUT2D eigenvalue weighted by atomic mass is 10.1. The SMILES string of the molecule is Cc1ccccc1CN1C(N2CCN(Cc3ccccc3Cl)CC2)=NC2C1C(=O)NC(=O)N2C. The summed E-state index contributed by atoms with van der Waals surface area (Å²) in [7, 11) is 1.69. The second-order valence-electron chi connectivity index (χ2n) is 9.10. The molecule has 5 rings (SSSR count). The predicted molar refractivity (Wildman–Crippen MR) is 131 cm³/mol. The summed E-state index contributed by atoms with van der Waals surface area (Å²) in [5, 5.41) is 3.28. The molecule has 0 aliphatic carbocycles. The zero-order valence-electron chi connectivity index (χ0n) is 19.4. The molecule has 3 aliphatic heterocycles. The second-order valence-corrected chi connectivity index (χ2v) is 9.51. The molecule has 3 aliphatic rings. The molecular formula is C25H29ClN6O2. The minimum atomic E-state index is -0.543. The predicted octanol–water partition coefficient (Wildman–Crippen LogP) is 2.51. The van der Waals surface area contributed by atoms with Crippen molar-refractivity contribution in [3.63, 3.8) is 0 Å². The standard InChI is InChI=1S/C25H29ClN6O2/c1-17-7-3-4-8-18(17)16-32-21-22(29(2)25(34)28-23(21)33)27-24(32)31-13-11-30(12-14-31)15-19-9-5-6-10-20(19)26/h3-10,21-22H,11-16H2,1-2H3,(H,28,33,34). The number of fused-ring (bicyclic) bond motifs is 1. The largest absolute Gasteiger partial charge is 0.340 e. The summed E-state index contributed by atoms with van der Waals surface area (Å²) in [6.07, 6.45) is -0.526. The zero-order chi connectivity index (χ0) is 23.8. The van der Waals surface area contributed by atoms with Gasteiger partial charge in [-0.25, -0.2) is 9.79 Å². The van der Waals surface area contributed by atoms with Crippen LogP contribution in [0.4, 0.5) is 4.79 Å². The summed E-state index contributed by atoms with van der Waals surface area (Å²) in [5.74, 6) is 0.491. The molecular weight excluding hydrogens is 452 g/mol. The average Bonchev–Trinajstić information content (AvgIpc) is 3.21. The van der Waals surface area contributed by atoms with Crippen molar-refractivity contribution in [3.05, 3.63) is 70.2 Å². The molecule has 0 saturated carbocycles. The molecule has 178 valence electrons. The van der Waals surface area contributed by atoms with Gasteiger partial charge < -0.3 is 14.7 Å². The highest BCUT2D eigenvalue weighted by Crippen LogP contribution is 2.28. The summed E-state index contributed by atoms with van der Waals surface area (Å²) in [6.45, 7) is 6.72. The van der Waals surface area contributed by atoms with Gasteiger partial charge in [0.2, 0.25) is 0 Å². The third-order valence-electron chi connectivity index (χ3n) is 6.95. The number of imide groups is 1. The molecule has 0 spiro atoms. The first kappa shape index (κ1) is 22.7. The van der Waals surface area contributed by atoms with Crippen LogP contribution in [0.15, 0.2) is 53.5 Å². The van der Waals surface area contributed by atoms with E-state index in [1.54, 1.807) is 7.05 Å². The van der Waals surface area contributed by atoms with Gasteiger partial charge in [0, 0.05) is 51.3 Å². The van der Waals surface area contributed by atoms with E-state index >= 15 is 0 Å². The maximum atomic E-state index is 12.9. The first-order valence-corrected chi connectivity index (χ1v) is 12.0. The maximum absolute atomic E-state index is 12.9. The molecule has 0 radical (unpaired) electrons. The van der Waals surface area contributed by atoms with Crippen LogP contribution in [-0.2, 0) is 17.9 Å². The Kier molecular flexibility index (Phi) is 6.18. The molecule has 2 fully saturated rings. The molecule has 2 aromatic carbocycles. The molecule has 0 aromatic heterocycles. The zero-order valence-corrected chi connectivity index (χ0v) is 20.2. The average molecular weight is 481 g/mol. The van der Waals surface area contributed by atoms with Crippen LogP contribution < -0.4 is 5.32 Å². The number of nitrogens with one attached hydrogen (secondary N) is 1. The van der Waals surface area contributed by atoms with Crippen molar-refractivity contribution in [1.29, 1.82) is 0 Å². The number of likely N-dealkylation sites (N-methyl/N-ethyl adjacent to an activating group) is 1. The summed E-state index contributed by atoms with van der Waals surface area (Å²) in [6, 6.07) is 15.2. The number of nitrogens with zero attached hydrogens (tertiary/aromatic N) is 5. The number of carbonyl (C=O) groups is 2. The first-order valence-electron chi connectivity index (χ1n) is 11.6. The summed E-state index contributed by atoms with van der Waals surface area (Å²) < 4.78 is 0. The van der Waals surface area contributed by atoms with Crippen LogP contribution >= 0.6 is 11.6 Å². The Morgan fingerprint density at radius 3 is 2.35 bits per heavy atom. The fourth-order valence-electron chi connectivity index (χ4n) is 4.89. The van der Waals surface area contributed by atoms with Gasteiger partial charge >= 0.3 is 6.03 Å². The van der Waals surface area contributed by atoms with Gasteiger partial charge in [-0.3, -0.25) is 15.0 Å². The quantitative estimate of drug-likeness (QED) is 0.728. The number of urea groups is 1. The van der Waals surface area contributed by atoms with E-state index in [0.717, 1.165) is 60.4 Å². The Morgan fingerprint density at radius 2 is 1.65 bits per heavy atom. The smallest absolute Gasteiger partial charge is 0.325 e. The van der Waals surface area contributed by atoms with E-state index in [-0.39, 0.29) is 5.91 Å². The summed E-state index contributed by atoms with van der Waals surface area (Å²) in [4.78, 5) is 38.3. The lowest BCUT2D eigenvalue weighted by molar-refractivity contribution is -0.127. The lowest BCUT2D eigenvalue weighted by Crippen LogP contribution is -2.64. The van der Waals surface area contributed by atoms with Gasteiger partial charge in [-0.2, -0.15) is 0 Å². The number of carbonyl (C=O) groups excluding carboxylic acids is 2. The van der Waals surface area contributed by atoms with E-state index in [1.807, 2.05) is 30.3 Å². The van der Waals surface area contributed by atoms with Crippen molar-refractivity contribution in [2.75, 3.05) is 33.2 Å². The van der Waals surface area contributed by atoms with Crippen LogP contribution in [0.2, 0.25) is 5.02 Å². The summed E-state index contributed by atoms with van der Waals surface area (Å²) in [5.41, 5.74) is 3.43. The number of benzene rings is 2. The van der Waals surface area contributed by atoms with Crippen LogP contribution in [-0.4, -0.2) is 82.9 Å². The number of aryl methyl sites for hydroxylation is 1. The van der Waals surface area contributed by atoms with Crippen molar-refractivity contribution >= 4 is 29.5 Å². The Hall–Kier alpha value is -3.10. The van der Waals surface area contributed by atoms with Gasteiger partial charge in [-0.15, -0.1) is 0 Å². The number of rotatable bonds is 4. The lowest BCUT2D eigenvalue weighted by Gasteiger charge is -2.40. The fourth-order valence-corrected chi connectivity index (χ4v) is 5.08. The van der Waals surface area contributed by atoms with Gasteiger partial charge in [-0.1, -0.05) is 54.1 Å². The fraction of sp³-hybridized carbons (Fsp3) is 0.400. The van der Waals surface area contributed by atoms with Gasteiger partial charge in [0.05, 0.1) is 0 Å². The Bertz CT molecular complexity index is 1130. The Morgan fingerprint density at radius 1 is 0.971 bits per heavy atom. The molecule has 8 nitrogen and oxygen atoms in total. The van der Waals surface area contributed by atoms with Crippen molar-refractivity contribution in [2.24, 2.45) is 4.99 Å². The number of aliphatic imine (C=N–C) groups is 1. The number of amides is 3. The third kappa shape index (κ3) is 4.23. The Balaban J connectivity index is 1.36. The monoisotopic (exact) mass is 480 g/mol. The second kappa shape index (κ2) is 9.27. The highest BCUT2D eigenvalue weighted by molar-refractivity contribution is 6.31. The highest BCUT2D eigenvalue weighted by atomic mass is 35.5.